The smallest absolute Gasteiger partial charge is 0.343 e. The lowest BCUT2D eigenvalue weighted by Crippen LogP contribution is -2.48. The highest BCUT2D eigenvalue weighted by atomic mass is 35.5. The van der Waals surface area contributed by atoms with Crippen molar-refractivity contribution in [2.45, 2.75) is 25.3 Å². The van der Waals surface area contributed by atoms with Crippen LogP contribution in [0, 0.1) is 23.1 Å². The van der Waals surface area contributed by atoms with Gasteiger partial charge >= 0.3 is 5.97 Å². The Hall–Kier alpha value is -2.13. The number of nitrogens with zero attached hydrogens (tertiary/aromatic N) is 1. The van der Waals surface area contributed by atoms with Crippen molar-refractivity contribution in [3.05, 3.63) is 34.6 Å². The summed E-state index contributed by atoms with van der Waals surface area (Å²) in [6, 6.07) is 5.83. The second-order valence-corrected chi connectivity index (χ2v) is 5.72. The lowest BCUT2D eigenvalue weighted by molar-refractivity contribution is -0.125. The average Bonchev–Trinajstić information content (AvgIpc) is 3.30. The van der Waals surface area contributed by atoms with Crippen molar-refractivity contribution in [2.24, 2.45) is 5.92 Å². The minimum Gasteiger partial charge on any atom is -0.452 e. The van der Waals surface area contributed by atoms with Crippen LogP contribution in [0.25, 0.3) is 0 Å². The molecular weight excluding hydrogens is 311 g/mol. The van der Waals surface area contributed by atoms with E-state index in [1.807, 2.05) is 0 Å². The molecule has 1 N–H and O–H groups in total. The minimum absolute atomic E-state index is 0.0924. The number of esters is 1. The summed E-state index contributed by atoms with van der Waals surface area (Å²) in [4.78, 5) is 23.6. The molecule has 0 heterocycles. The lowest BCUT2D eigenvalue weighted by Gasteiger charge is -2.22. The molecule has 0 spiro atoms. The van der Waals surface area contributed by atoms with Gasteiger partial charge in [0.15, 0.2) is 6.61 Å². The van der Waals surface area contributed by atoms with E-state index in [4.69, 9.17) is 21.6 Å². The molecule has 1 saturated carbocycles. The van der Waals surface area contributed by atoms with Gasteiger partial charge in [0.1, 0.15) is 16.9 Å². The zero-order valence-corrected chi connectivity index (χ0v) is 12.6. The average molecular weight is 325 g/mol. The summed E-state index contributed by atoms with van der Waals surface area (Å²) in [7, 11) is 0. The van der Waals surface area contributed by atoms with Gasteiger partial charge in [-0.05, 0) is 37.8 Å². The number of carbonyl (C=O) groups is 2. The standard InChI is InChI=1S/C15H14ClFN2O3/c1-15(8-18,9-5-6-9)19-12(20)7-22-14(21)13-10(16)3-2-4-11(13)17/h2-4,9H,5-7H2,1H3,(H,19,20)/t15-/m0/s1. The summed E-state index contributed by atoms with van der Waals surface area (Å²) in [6.07, 6.45) is 1.74. The van der Waals surface area contributed by atoms with E-state index in [2.05, 4.69) is 11.4 Å². The van der Waals surface area contributed by atoms with Crippen LogP contribution < -0.4 is 5.32 Å². The summed E-state index contributed by atoms with van der Waals surface area (Å²) >= 11 is 5.73. The number of ether oxygens (including phenoxy) is 1. The van der Waals surface area contributed by atoms with Crippen LogP contribution in [-0.2, 0) is 9.53 Å². The Labute approximate surface area is 132 Å². The lowest BCUT2D eigenvalue weighted by atomic mass is 9.98. The predicted molar refractivity (Wildman–Crippen MR) is 76.6 cm³/mol. The summed E-state index contributed by atoms with van der Waals surface area (Å²) in [5.74, 6) is -2.35. The molecule has 1 aliphatic rings. The van der Waals surface area contributed by atoms with E-state index >= 15 is 0 Å². The molecule has 0 bridgehead atoms. The van der Waals surface area contributed by atoms with Gasteiger partial charge in [-0.3, -0.25) is 4.79 Å². The van der Waals surface area contributed by atoms with E-state index in [0.717, 1.165) is 18.9 Å². The molecule has 116 valence electrons. The molecule has 1 atom stereocenters. The number of hydrogen-bond acceptors (Lipinski definition) is 4. The third-order valence-electron chi connectivity index (χ3n) is 3.53. The third-order valence-corrected chi connectivity index (χ3v) is 3.84. The first kappa shape index (κ1) is 16.2. The Morgan fingerprint density at radius 2 is 2.23 bits per heavy atom. The third kappa shape index (κ3) is 3.55. The summed E-state index contributed by atoms with van der Waals surface area (Å²) < 4.78 is 18.3. The van der Waals surface area contributed by atoms with Crippen LogP contribution in [-0.4, -0.2) is 24.0 Å². The van der Waals surface area contributed by atoms with Gasteiger partial charge in [0.05, 0.1) is 11.1 Å². The van der Waals surface area contributed by atoms with Gasteiger partial charge in [-0.15, -0.1) is 0 Å². The quantitative estimate of drug-likeness (QED) is 0.844. The Morgan fingerprint density at radius 1 is 1.55 bits per heavy atom. The molecule has 7 heteroatoms. The molecule has 0 aromatic heterocycles. The second-order valence-electron chi connectivity index (χ2n) is 5.31. The van der Waals surface area contributed by atoms with Crippen LogP contribution in [0.15, 0.2) is 18.2 Å². The van der Waals surface area contributed by atoms with Crippen molar-refractivity contribution >= 4 is 23.5 Å². The first-order valence-corrected chi connectivity index (χ1v) is 7.08. The summed E-state index contributed by atoms with van der Waals surface area (Å²) in [5.41, 5.74) is -1.39. The first-order chi connectivity index (χ1) is 10.4. The Morgan fingerprint density at radius 3 is 2.77 bits per heavy atom. The normalized spacial score (nSPS) is 16.3. The SMILES string of the molecule is C[C@@](C#N)(NC(=O)COC(=O)c1c(F)cccc1Cl)C1CC1. The molecule has 5 nitrogen and oxygen atoms in total. The highest BCUT2D eigenvalue weighted by Crippen LogP contribution is 2.39. The fourth-order valence-electron chi connectivity index (χ4n) is 2.10. The maximum absolute atomic E-state index is 13.5. The van der Waals surface area contributed by atoms with Gasteiger partial charge < -0.3 is 10.1 Å². The molecular formula is C15H14ClFN2O3. The molecule has 0 unspecified atom stereocenters. The molecule has 22 heavy (non-hydrogen) atoms. The van der Waals surface area contributed by atoms with E-state index in [-0.39, 0.29) is 10.9 Å². The number of hydrogen-bond donors (Lipinski definition) is 1. The Bertz CT molecular complexity index is 634. The van der Waals surface area contributed by atoms with Gasteiger partial charge in [-0.25, -0.2) is 9.18 Å². The summed E-state index contributed by atoms with van der Waals surface area (Å²) in [6.45, 7) is 1.02. The zero-order valence-electron chi connectivity index (χ0n) is 11.9. The van der Waals surface area contributed by atoms with Crippen LogP contribution >= 0.6 is 11.6 Å². The van der Waals surface area contributed by atoms with Crippen LogP contribution in [0.4, 0.5) is 4.39 Å². The van der Waals surface area contributed by atoms with Crippen molar-refractivity contribution in [1.82, 2.24) is 5.32 Å². The van der Waals surface area contributed by atoms with Gasteiger partial charge in [-0.2, -0.15) is 5.26 Å². The monoisotopic (exact) mass is 324 g/mol. The Balaban J connectivity index is 1.94. The second kappa shape index (κ2) is 6.32. The van der Waals surface area contributed by atoms with Crippen LogP contribution in [0.2, 0.25) is 5.02 Å². The van der Waals surface area contributed by atoms with E-state index in [0.29, 0.717) is 0 Å². The largest absolute Gasteiger partial charge is 0.452 e. The molecule has 1 fully saturated rings. The maximum atomic E-state index is 13.5. The fraction of sp³-hybridized carbons (Fsp3) is 0.400. The molecule has 1 amide bonds. The van der Waals surface area contributed by atoms with E-state index < -0.39 is 35.4 Å². The highest BCUT2D eigenvalue weighted by Gasteiger charge is 2.43. The first-order valence-electron chi connectivity index (χ1n) is 6.71. The number of nitriles is 1. The topological polar surface area (TPSA) is 79.2 Å². The number of carbonyl (C=O) groups excluding carboxylic acids is 2. The number of amides is 1. The zero-order chi connectivity index (χ0) is 16.3. The van der Waals surface area contributed by atoms with Gasteiger partial charge in [0.2, 0.25) is 0 Å². The molecule has 1 aliphatic carbocycles. The summed E-state index contributed by atoms with van der Waals surface area (Å²) in [5, 5.41) is 11.6. The highest BCUT2D eigenvalue weighted by molar-refractivity contribution is 6.33. The van der Waals surface area contributed by atoms with Crippen molar-refractivity contribution in [3.8, 4) is 6.07 Å². The van der Waals surface area contributed by atoms with Crippen LogP contribution in [0.1, 0.15) is 30.1 Å². The molecule has 1 aromatic rings. The molecule has 0 saturated heterocycles. The Kier molecular flexibility index (Phi) is 4.67. The minimum atomic E-state index is -1.02. The fourth-order valence-corrected chi connectivity index (χ4v) is 2.34. The van der Waals surface area contributed by atoms with Crippen molar-refractivity contribution in [3.63, 3.8) is 0 Å². The predicted octanol–water partition coefficient (Wildman–Crippen LogP) is 2.44. The molecule has 1 aromatic carbocycles. The van der Waals surface area contributed by atoms with E-state index in [1.54, 1.807) is 6.92 Å². The van der Waals surface area contributed by atoms with Gasteiger partial charge in [0.25, 0.3) is 5.91 Å². The van der Waals surface area contributed by atoms with Gasteiger partial charge in [0, 0.05) is 0 Å². The van der Waals surface area contributed by atoms with Crippen LogP contribution in [0.5, 0.6) is 0 Å². The number of halogens is 2. The van der Waals surface area contributed by atoms with E-state index in [1.165, 1.54) is 12.1 Å². The van der Waals surface area contributed by atoms with Crippen molar-refractivity contribution in [1.29, 1.82) is 5.26 Å². The maximum Gasteiger partial charge on any atom is 0.343 e. The number of rotatable bonds is 5. The molecule has 0 radical (unpaired) electrons. The van der Waals surface area contributed by atoms with Crippen LogP contribution in [0.3, 0.4) is 0 Å². The van der Waals surface area contributed by atoms with Gasteiger partial charge in [-0.1, -0.05) is 17.7 Å². The van der Waals surface area contributed by atoms with Crippen molar-refractivity contribution < 1.29 is 18.7 Å². The van der Waals surface area contributed by atoms with E-state index in [9.17, 15) is 14.0 Å². The van der Waals surface area contributed by atoms with Crippen molar-refractivity contribution in [2.75, 3.05) is 6.61 Å². The number of benzene rings is 1. The number of nitrogens with one attached hydrogen (secondary N) is 1. The molecule has 0 aliphatic heterocycles. The molecule has 2 rings (SSSR count).